The molecule has 1 aromatic rings. The quantitative estimate of drug-likeness (QED) is 0.892. The van der Waals surface area contributed by atoms with E-state index in [2.05, 4.69) is 55.4 Å². The van der Waals surface area contributed by atoms with E-state index < -0.39 is 0 Å². The molecular weight excluding hydrogens is 268 g/mol. The van der Waals surface area contributed by atoms with E-state index in [9.17, 15) is 0 Å². The van der Waals surface area contributed by atoms with E-state index >= 15 is 0 Å². The second-order valence-electron chi connectivity index (χ2n) is 6.29. The molecule has 0 bridgehead atoms. The maximum Gasteiger partial charge on any atom is 0.0230 e. The van der Waals surface area contributed by atoms with Gasteiger partial charge in [-0.05, 0) is 55.9 Å². The number of halogens is 1. The molecule has 0 radical (unpaired) electrons. The standard InChI is InChI=1S/C17H28N2.ClH/c1-14(2)17-6-4-15(5-7-17)12-19(3)13-16-8-10-18-11-9-16;/h4-7,14,16,18H,8-13H2,1-3H3;1H. The number of benzene rings is 1. The minimum atomic E-state index is 0. The van der Waals surface area contributed by atoms with Crippen LogP contribution < -0.4 is 5.32 Å². The number of nitrogens with one attached hydrogen (secondary N) is 1. The zero-order chi connectivity index (χ0) is 13.7. The van der Waals surface area contributed by atoms with Crippen LogP contribution in [0.15, 0.2) is 24.3 Å². The highest BCUT2D eigenvalue weighted by Gasteiger charge is 2.15. The first-order valence-electron chi connectivity index (χ1n) is 7.63. The molecule has 1 aliphatic heterocycles. The first-order valence-corrected chi connectivity index (χ1v) is 7.63. The summed E-state index contributed by atoms with van der Waals surface area (Å²) in [6.07, 6.45) is 2.66. The van der Waals surface area contributed by atoms with Gasteiger partial charge < -0.3 is 10.2 Å². The van der Waals surface area contributed by atoms with E-state index in [0.29, 0.717) is 5.92 Å². The van der Waals surface area contributed by atoms with Gasteiger partial charge in [0, 0.05) is 13.1 Å². The van der Waals surface area contributed by atoms with Crippen molar-refractivity contribution in [3.05, 3.63) is 35.4 Å². The summed E-state index contributed by atoms with van der Waals surface area (Å²) in [5.41, 5.74) is 2.87. The second-order valence-corrected chi connectivity index (χ2v) is 6.29. The maximum atomic E-state index is 3.44. The summed E-state index contributed by atoms with van der Waals surface area (Å²) in [5.74, 6) is 1.50. The Morgan fingerprint density at radius 1 is 1.15 bits per heavy atom. The van der Waals surface area contributed by atoms with Gasteiger partial charge in [0.2, 0.25) is 0 Å². The van der Waals surface area contributed by atoms with Crippen molar-refractivity contribution in [2.75, 3.05) is 26.7 Å². The Bertz CT molecular complexity index is 369. The Kier molecular flexibility index (Phi) is 7.57. The number of rotatable bonds is 5. The van der Waals surface area contributed by atoms with Gasteiger partial charge >= 0.3 is 0 Å². The molecule has 0 aromatic heterocycles. The van der Waals surface area contributed by atoms with Crippen molar-refractivity contribution in [1.82, 2.24) is 10.2 Å². The van der Waals surface area contributed by atoms with Crippen LogP contribution in [0.2, 0.25) is 0 Å². The van der Waals surface area contributed by atoms with Crippen LogP contribution in [0.25, 0.3) is 0 Å². The van der Waals surface area contributed by atoms with Crippen LogP contribution in [0.3, 0.4) is 0 Å². The average molecular weight is 297 g/mol. The van der Waals surface area contributed by atoms with Gasteiger partial charge in [-0.15, -0.1) is 12.4 Å². The predicted molar refractivity (Wildman–Crippen MR) is 89.7 cm³/mol. The third-order valence-corrected chi connectivity index (χ3v) is 4.13. The van der Waals surface area contributed by atoms with Crippen molar-refractivity contribution in [3.63, 3.8) is 0 Å². The summed E-state index contributed by atoms with van der Waals surface area (Å²) >= 11 is 0. The van der Waals surface area contributed by atoms with Crippen molar-refractivity contribution in [2.24, 2.45) is 5.92 Å². The van der Waals surface area contributed by atoms with E-state index in [1.807, 2.05) is 0 Å². The highest BCUT2D eigenvalue weighted by atomic mass is 35.5. The van der Waals surface area contributed by atoms with Gasteiger partial charge in [-0.1, -0.05) is 38.1 Å². The molecular formula is C17H29ClN2. The third kappa shape index (κ3) is 5.43. The summed E-state index contributed by atoms with van der Waals surface area (Å²) in [7, 11) is 2.25. The lowest BCUT2D eigenvalue weighted by Gasteiger charge is -2.27. The lowest BCUT2D eigenvalue weighted by Crippen LogP contribution is -2.34. The topological polar surface area (TPSA) is 15.3 Å². The highest BCUT2D eigenvalue weighted by molar-refractivity contribution is 5.85. The third-order valence-electron chi connectivity index (χ3n) is 4.13. The van der Waals surface area contributed by atoms with Crippen LogP contribution >= 0.6 is 12.4 Å². The van der Waals surface area contributed by atoms with Crippen molar-refractivity contribution in [2.45, 2.75) is 39.2 Å². The van der Waals surface area contributed by atoms with Gasteiger partial charge in [-0.2, -0.15) is 0 Å². The fourth-order valence-electron chi connectivity index (χ4n) is 2.89. The minimum Gasteiger partial charge on any atom is -0.317 e. The summed E-state index contributed by atoms with van der Waals surface area (Å²) in [5, 5.41) is 3.44. The highest BCUT2D eigenvalue weighted by Crippen LogP contribution is 2.17. The maximum absolute atomic E-state index is 3.44. The van der Waals surface area contributed by atoms with Crippen LogP contribution in [0, 0.1) is 5.92 Å². The molecule has 0 amide bonds. The molecule has 0 aliphatic carbocycles. The predicted octanol–water partition coefficient (Wildman–Crippen LogP) is 3.66. The van der Waals surface area contributed by atoms with E-state index in [-0.39, 0.29) is 12.4 Å². The molecule has 0 spiro atoms. The van der Waals surface area contributed by atoms with E-state index in [4.69, 9.17) is 0 Å². The average Bonchev–Trinajstić information content (AvgIpc) is 2.40. The molecule has 0 unspecified atom stereocenters. The van der Waals surface area contributed by atoms with Crippen molar-refractivity contribution < 1.29 is 0 Å². The molecule has 2 nitrogen and oxygen atoms in total. The summed E-state index contributed by atoms with van der Waals surface area (Å²) in [6, 6.07) is 9.12. The van der Waals surface area contributed by atoms with E-state index in [1.54, 1.807) is 0 Å². The number of nitrogens with zero attached hydrogens (tertiary/aromatic N) is 1. The first kappa shape index (κ1) is 17.5. The van der Waals surface area contributed by atoms with Gasteiger partial charge in [0.15, 0.2) is 0 Å². The largest absolute Gasteiger partial charge is 0.317 e. The second kappa shape index (κ2) is 8.66. The van der Waals surface area contributed by atoms with Crippen molar-refractivity contribution in [3.8, 4) is 0 Å². The van der Waals surface area contributed by atoms with Crippen LogP contribution in [0.1, 0.15) is 43.7 Å². The zero-order valence-corrected chi connectivity index (χ0v) is 13.9. The summed E-state index contributed by atoms with van der Waals surface area (Å²) in [6.45, 7) is 9.19. The Morgan fingerprint density at radius 2 is 1.75 bits per heavy atom. The van der Waals surface area contributed by atoms with Gasteiger partial charge in [-0.25, -0.2) is 0 Å². The smallest absolute Gasteiger partial charge is 0.0230 e. The van der Waals surface area contributed by atoms with Gasteiger partial charge in [0.1, 0.15) is 0 Å². The SMILES string of the molecule is CC(C)c1ccc(CN(C)CC2CCNCC2)cc1.Cl. The first-order chi connectivity index (χ1) is 9.15. The molecule has 1 N–H and O–H groups in total. The normalized spacial score (nSPS) is 16.4. The van der Waals surface area contributed by atoms with Crippen molar-refractivity contribution >= 4 is 12.4 Å². The summed E-state index contributed by atoms with van der Waals surface area (Å²) in [4.78, 5) is 2.47. The molecule has 0 saturated carbocycles. The lowest BCUT2D eigenvalue weighted by molar-refractivity contribution is 0.234. The number of piperidine rings is 1. The van der Waals surface area contributed by atoms with Gasteiger partial charge in [-0.3, -0.25) is 0 Å². The molecule has 3 heteroatoms. The van der Waals surface area contributed by atoms with E-state index in [1.165, 1.54) is 43.6 Å². The fraction of sp³-hybridized carbons (Fsp3) is 0.647. The lowest BCUT2D eigenvalue weighted by atomic mass is 9.97. The van der Waals surface area contributed by atoms with E-state index in [0.717, 1.165) is 12.5 Å². The monoisotopic (exact) mass is 296 g/mol. The van der Waals surface area contributed by atoms with Crippen LogP contribution in [-0.2, 0) is 6.54 Å². The zero-order valence-electron chi connectivity index (χ0n) is 13.1. The molecule has 1 saturated heterocycles. The number of hydrogen-bond acceptors (Lipinski definition) is 2. The van der Waals surface area contributed by atoms with Gasteiger partial charge in [0.25, 0.3) is 0 Å². The minimum absolute atomic E-state index is 0. The molecule has 0 atom stereocenters. The summed E-state index contributed by atoms with van der Waals surface area (Å²) < 4.78 is 0. The molecule has 114 valence electrons. The Labute approximate surface area is 130 Å². The van der Waals surface area contributed by atoms with Crippen LogP contribution in [-0.4, -0.2) is 31.6 Å². The molecule has 1 heterocycles. The number of hydrogen-bond donors (Lipinski definition) is 1. The van der Waals surface area contributed by atoms with Crippen LogP contribution in [0.5, 0.6) is 0 Å². The Hall–Kier alpha value is -0.570. The molecule has 1 fully saturated rings. The Balaban J connectivity index is 0.00000200. The van der Waals surface area contributed by atoms with Crippen molar-refractivity contribution in [1.29, 1.82) is 0 Å². The molecule has 1 aromatic carbocycles. The van der Waals surface area contributed by atoms with Gasteiger partial charge in [0.05, 0.1) is 0 Å². The molecule has 1 aliphatic rings. The molecule has 2 rings (SSSR count). The Morgan fingerprint density at radius 3 is 2.30 bits per heavy atom. The van der Waals surface area contributed by atoms with Crippen LogP contribution in [0.4, 0.5) is 0 Å². The fourth-order valence-corrected chi connectivity index (χ4v) is 2.89. The molecule has 20 heavy (non-hydrogen) atoms.